The molecule has 0 aliphatic heterocycles. The van der Waals surface area contributed by atoms with E-state index in [4.69, 9.17) is 9.72 Å². The predicted molar refractivity (Wildman–Crippen MR) is 136 cm³/mol. The van der Waals surface area contributed by atoms with E-state index in [1.807, 2.05) is 53.1 Å². The number of hydrogen-bond acceptors (Lipinski definition) is 4. The maximum atomic E-state index is 13.4. The molecule has 5 aromatic rings. The normalized spacial score (nSPS) is 13.7. The largest absolute Gasteiger partial charge is 0.377 e. The number of para-hydroxylation sites is 2. The number of nitrogens with zero attached hydrogens (tertiary/aromatic N) is 5. The number of unbranched alkanes of at least 4 members (excludes halogenated alkanes) is 1. The number of imidazole rings is 2. The number of aryl methyl sites for hydroxylation is 1. The van der Waals surface area contributed by atoms with Crippen LogP contribution in [0.4, 0.5) is 0 Å². The van der Waals surface area contributed by atoms with Gasteiger partial charge in [0.25, 0.3) is 0 Å². The van der Waals surface area contributed by atoms with Crippen LogP contribution < -0.4 is 5.69 Å². The van der Waals surface area contributed by atoms with Crippen LogP contribution >= 0.6 is 0 Å². The minimum atomic E-state index is 0.00844. The molecule has 0 N–H and O–H groups in total. The Morgan fingerprint density at radius 3 is 2.54 bits per heavy atom. The van der Waals surface area contributed by atoms with Crippen LogP contribution in [-0.4, -0.2) is 30.3 Å². The van der Waals surface area contributed by atoms with E-state index in [0.29, 0.717) is 19.2 Å². The zero-order chi connectivity index (χ0) is 23.6. The van der Waals surface area contributed by atoms with Crippen LogP contribution in [0.15, 0.2) is 77.7 Å². The average Bonchev–Trinajstić information content (AvgIpc) is 3.61. The molecule has 35 heavy (non-hydrogen) atoms. The van der Waals surface area contributed by atoms with Crippen molar-refractivity contribution in [3.8, 4) is 0 Å². The molecule has 7 nitrogen and oxygen atoms in total. The topological polar surface area (TPSA) is 66.9 Å². The van der Waals surface area contributed by atoms with Gasteiger partial charge < -0.3 is 9.30 Å². The Bertz CT molecular complexity index is 1510. The molecule has 6 rings (SSSR count). The standard InChI is InChI=1S/C28H29N5O2/c34-28-32(27-25(13-8-16-29-27)33(28)22-14-15-22)19-26-30-23-11-4-5-12-24(23)31(26)17-6-7-18-35-20-21-9-2-1-3-10-21/h1-5,8-13,16,22H,6-7,14-15,17-20H2. The van der Waals surface area contributed by atoms with Crippen LogP contribution in [0.3, 0.4) is 0 Å². The molecule has 1 aliphatic carbocycles. The summed E-state index contributed by atoms with van der Waals surface area (Å²) in [6, 6.07) is 22.6. The molecule has 7 heteroatoms. The van der Waals surface area contributed by atoms with Crippen molar-refractivity contribution < 1.29 is 4.74 Å². The van der Waals surface area contributed by atoms with E-state index in [1.165, 1.54) is 5.56 Å². The van der Waals surface area contributed by atoms with Gasteiger partial charge in [-0.05, 0) is 55.5 Å². The van der Waals surface area contributed by atoms with Gasteiger partial charge in [-0.2, -0.15) is 0 Å². The summed E-state index contributed by atoms with van der Waals surface area (Å²) in [6.45, 7) is 2.59. The molecule has 1 aliphatic rings. The van der Waals surface area contributed by atoms with Gasteiger partial charge in [0, 0.05) is 25.4 Å². The lowest BCUT2D eigenvalue weighted by atomic mass is 10.2. The van der Waals surface area contributed by atoms with Gasteiger partial charge in [0.15, 0.2) is 5.65 Å². The van der Waals surface area contributed by atoms with E-state index in [2.05, 4.69) is 27.8 Å². The summed E-state index contributed by atoms with van der Waals surface area (Å²) in [5.74, 6) is 0.888. The number of aromatic nitrogens is 5. The molecule has 0 amide bonds. The second kappa shape index (κ2) is 9.50. The van der Waals surface area contributed by atoms with Crippen LogP contribution in [0.5, 0.6) is 0 Å². The highest BCUT2D eigenvalue weighted by Gasteiger charge is 2.29. The molecule has 0 radical (unpaired) electrons. The Balaban J connectivity index is 1.21. The number of ether oxygens (including phenoxy) is 1. The van der Waals surface area contributed by atoms with Crippen molar-refractivity contribution in [1.82, 2.24) is 23.7 Å². The minimum Gasteiger partial charge on any atom is -0.377 e. The van der Waals surface area contributed by atoms with E-state index >= 15 is 0 Å². The summed E-state index contributed by atoms with van der Waals surface area (Å²) < 4.78 is 11.8. The Morgan fingerprint density at radius 1 is 0.886 bits per heavy atom. The Labute approximate surface area is 203 Å². The number of benzene rings is 2. The van der Waals surface area contributed by atoms with Gasteiger partial charge in [-0.15, -0.1) is 0 Å². The second-order valence-electron chi connectivity index (χ2n) is 9.23. The molecular weight excluding hydrogens is 438 g/mol. The first kappa shape index (κ1) is 21.8. The predicted octanol–water partition coefficient (Wildman–Crippen LogP) is 4.93. The molecule has 0 saturated heterocycles. The second-order valence-corrected chi connectivity index (χ2v) is 9.23. The first-order valence-electron chi connectivity index (χ1n) is 12.4. The summed E-state index contributed by atoms with van der Waals surface area (Å²) in [5.41, 5.74) is 4.90. The zero-order valence-corrected chi connectivity index (χ0v) is 19.7. The monoisotopic (exact) mass is 467 g/mol. The fourth-order valence-electron chi connectivity index (χ4n) is 4.81. The van der Waals surface area contributed by atoms with Crippen LogP contribution in [0, 0.1) is 0 Å². The van der Waals surface area contributed by atoms with Crippen molar-refractivity contribution in [1.29, 1.82) is 0 Å². The molecule has 0 atom stereocenters. The maximum Gasteiger partial charge on any atom is 0.331 e. The zero-order valence-electron chi connectivity index (χ0n) is 19.7. The molecule has 3 heterocycles. The average molecular weight is 468 g/mol. The van der Waals surface area contributed by atoms with Gasteiger partial charge in [0.05, 0.1) is 29.7 Å². The fourth-order valence-corrected chi connectivity index (χ4v) is 4.81. The van der Waals surface area contributed by atoms with Crippen LogP contribution in [0.2, 0.25) is 0 Å². The van der Waals surface area contributed by atoms with Gasteiger partial charge in [-0.3, -0.25) is 9.13 Å². The minimum absolute atomic E-state index is 0.00844. The third-order valence-electron chi connectivity index (χ3n) is 6.70. The highest BCUT2D eigenvalue weighted by Crippen LogP contribution is 2.35. The van der Waals surface area contributed by atoms with Crippen molar-refractivity contribution in [2.75, 3.05) is 6.61 Å². The third kappa shape index (κ3) is 4.39. The van der Waals surface area contributed by atoms with E-state index in [1.54, 1.807) is 10.8 Å². The first-order valence-corrected chi connectivity index (χ1v) is 12.4. The molecule has 0 bridgehead atoms. The molecule has 1 saturated carbocycles. The quantitative estimate of drug-likeness (QED) is 0.273. The van der Waals surface area contributed by atoms with Gasteiger partial charge in [0.1, 0.15) is 5.82 Å². The number of rotatable bonds is 10. The van der Waals surface area contributed by atoms with Crippen molar-refractivity contribution in [2.24, 2.45) is 0 Å². The molecule has 1 fully saturated rings. The van der Waals surface area contributed by atoms with Crippen LogP contribution in [-0.2, 0) is 24.4 Å². The highest BCUT2D eigenvalue weighted by atomic mass is 16.5. The van der Waals surface area contributed by atoms with E-state index in [-0.39, 0.29) is 5.69 Å². The SMILES string of the molecule is O=c1n(Cc2nc3ccccc3n2CCCCOCc2ccccc2)c2ncccc2n1C1CC1. The molecule has 178 valence electrons. The van der Waals surface area contributed by atoms with Crippen molar-refractivity contribution >= 4 is 22.2 Å². The summed E-state index contributed by atoms with van der Waals surface area (Å²) in [4.78, 5) is 22.9. The summed E-state index contributed by atoms with van der Waals surface area (Å²) in [6.07, 6.45) is 5.80. The van der Waals surface area contributed by atoms with Crippen molar-refractivity contribution in [2.45, 2.75) is 51.4 Å². The van der Waals surface area contributed by atoms with Crippen molar-refractivity contribution in [3.05, 3.63) is 94.8 Å². The van der Waals surface area contributed by atoms with Crippen LogP contribution in [0.25, 0.3) is 22.2 Å². The first-order chi connectivity index (χ1) is 17.3. The molecule has 0 spiro atoms. The molecule has 0 unspecified atom stereocenters. The third-order valence-corrected chi connectivity index (χ3v) is 6.70. The van der Waals surface area contributed by atoms with Gasteiger partial charge in [0.2, 0.25) is 0 Å². The summed E-state index contributed by atoms with van der Waals surface area (Å²) >= 11 is 0. The highest BCUT2D eigenvalue weighted by molar-refractivity contribution is 5.76. The molecule has 3 aromatic heterocycles. The van der Waals surface area contributed by atoms with E-state index in [9.17, 15) is 4.79 Å². The lowest BCUT2D eigenvalue weighted by Crippen LogP contribution is -2.25. The Hall–Kier alpha value is -3.71. The molecule has 2 aromatic carbocycles. The van der Waals surface area contributed by atoms with Gasteiger partial charge >= 0.3 is 5.69 Å². The lowest BCUT2D eigenvalue weighted by molar-refractivity contribution is 0.116. The van der Waals surface area contributed by atoms with Gasteiger partial charge in [-0.1, -0.05) is 42.5 Å². The van der Waals surface area contributed by atoms with Crippen molar-refractivity contribution in [3.63, 3.8) is 0 Å². The summed E-state index contributed by atoms with van der Waals surface area (Å²) in [5, 5.41) is 0. The van der Waals surface area contributed by atoms with Crippen LogP contribution in [0.1, 0.15) is 43.1 Å². The number of hydrogen-bond donors (Lipinski definition) is 0. The number of fused-ring (bicyclic) bond motifs is 2. The maximum absolute atomic E-state index is 13.4. The number of pyridine rings is 1. The Kier molecular flexibility index (Phi) is 5.92. The smallest absolute Gasteiger partial charge is 0.331 e. The molecular formula is C28H29N5O2. The van der Waals surface area contributed by atoms with E-state index in [0.717, 1.165) is 66.9 Å². The fraction of sp³-hybridized carbons (Fsp3) is 0.321. The van der Waals surface area contributed by atoms with Gasteiger partial charge in [-0.25, -0.2) is 14.8 Å². The Morgan fingerprint density at radius 2 is 1.69 bits per heavy atom. The van der Waals surface area contributed by atoms with E-state index < -0.39 is 0 Å². The lowest BCUT2D eigenvalue weighted by Gasteiger charge is -2.10. The summed E-state index contributed by atoms with van der Waals surface area (Å²) in [7, 11) is 0.